The molecule has 2 amide bonds. The summed E-state index contributed by atoms with van der Waals surface area (Å²) < 4.78 is 42.3. The van der Waals surface area contributed by atoms with Gasteiger partial charge in [0.1, 0.15) is 6.54 Å². The van der Waals surface area contributed by atoms with E-state index in [4.69, 9.17) is 11.6 Å². The first kappa shape index (κ1) is 21.2. The van der Waals surface area contributed by atoms with Crippen molar-refractivity contribution in [2.45, 2.75) is 6.18 Å². The summed E-state index contributed by atoms with van der Waals surface area (Å²) in [4.78, 5) is 38.5. The molecule has 1 heterocycles. The number of hydrogen-bond donors (Lipinski definition) is 2. The number of nitrogens with one attached hydrogen (secondary N) is 2. The maximum atomic E-state index is 12.5. The van der Waals surface area contributed by atoms with E-state index in [1.54, 1.807) is 30.3 Å². The summed E-state index contributed by atoms with van der Waals surface area (Å²) in [5, 5.41) is 4.01. The standard InChI is InChI=1S/C17H13ClF3N3O4/c18-12-6-11(17(19,20)21)7-22-15(12)24-13(25)9-28-14(26)8-23-16(27)10-4-2-1-3-5-10/h1-7H,8-9H2,(H,23,27)(H,22,24,25). The van der Waals surface area contributed by atoms with Gasteiger partial charge in [0.2, 0.25) is 0 Å². The number of aromatic nitrogens is 1. The van der Waals surface area contributed by atoms with Crippen molar-refractivity contribution >= 4 is 35.2 Å². The van der Waals surface area contributed by atoms with Crippen LogP contribution in [0.15, 0.2) is 42.6 Å². The first-order valence-electron chi connectivity index (χ1n) is 7.68. The van der Waals surface area contributed by atoms with Crippen LogP contribution in [0.5, 0.6) is 0 Å². The number of esters is 1. The quantitative estimate of drug-likeness (QED) is 0.707. The molecule has 148 valence electrons. The van der Waals surface area contributed by atoms with Gasteiger partial charge in [-0.1, -0.05) is 29.8 Å². The molecule has 0 spiro atoms. The van der Waals surface area contributed by atoms with Crippen LogP contribution in [0.25, 0.3) is 0 Å². The fourth-order valence-electron chi connectivity index (χ4n) is 1.89. The zero-order chi connectivity index (χ0) is 20.7. The normalized spacial score (nSPS) is 10.9. The molecule has 0 fully saturated rings. The molecule has 0 unspecified atom stereocenters. The lowest BCUT2D eigenvalue weighted by molar-refractivity contribution is -0.146. The Bertz CT molecular complexity index is 876. The van der Waals surface area contributed by atoms with Crippen LogP contribution < -0.4 is 10.6 Å². The molecule has 0 atom stereocenters. The van der Waals surface area contributed by atoms with Crippen LogP contribution in [-0.4, -0.2) is 35.9 Å². The second-order valence-electron chi connectivity index (χ2n) is 5.31. The van der Waals surface area contributed by atoms with Crippen LogP contribution in [-0.2, 0) is 20.5 Å². The number of rotatable bonds is 6. The molecular formula is C17H13ClF3N3O4. The third kappa shape index (κ3) is 6.23. The Morgan fingerprint density at radius 3 is 2.43 bits per heavy atom. The molecule has 2 aromatic rings. The summed E-state index contributed by atoms with van der Waals surface area (Å²) in [5.41, 5.74) is -0.729. The number of carbonyl (C=O) groups excluding carboxylic acids is 3. The number of pyridine rings is 1. The molecule has 1 aromatic carbocycles. The highest BCUT2D eigenvalue weighted by molar-refractivity contribution is 6.33. The Morgan fingerprint density at radius 2 is 1.82 bits per heavy atom. The van der Waals surface area contributed by atoms with Crippen molar-refractivity contribution in [1.29, 1.82) is 0 Å². The van der Waals surface area contributed by atoms with Crippen LogP contribution >= 0.6 is 11.6 Å². The van der Waals surface area contributed by atoms with Gasteiger partial charge in [-0.25, -0.2) is 4.98 Å². The van der Waals surface area contributed by atoms with Gasteiger partial charge in [-0.2, -0.15) is 13.2 Å². The number of carbonyl (C=O) groups is 3. The van der Waals surface area contributed by atoms with Crippen LogP contribution in [0.2, 0.25) is 5.02 Å². The van der Waals surface area contributed by atoms with Crippen molar-refractivity contribution in [2.75, 3.05) is 18.5 Å². The van der Waals surface area contributed by atoms with Gasteiger partial charge in [0.15, 0.2) is 12.4 Å². The topological polar surface area (TPSA) is 97.4 Å². The minimum Gasteiger partial charge on any atom is -0.454 e. The van der Waals surface area contributed by atoms with Crippen molar-refractivity contribution in [3.63, 3.8) is 0 Å². The first-order valence-corrected chi connectivity index (χ1v) is 8.06. The fraction of sp³-hybridized carbons (Fsp3) is 0.176. The average Bonchev–Trinajstić information content (AvgIpc) is 2.66. The van der Waals surface area contributed by atoms with Crippen molar-refractivity contribution < 1.29 is 32.3 Å². The molecule has 0 saturated heterocycles. The molecule has 11 heteroatoms. The van der Waals surface area contributed by atoms with Crippen molar-refractivity contribution in [1.82, 2.24) is 10.3 Å². The summed E-state index contributed by atoms with van der Waals surface area (Å²) in [6.07, 6.45) is -4.12. The average molecular weight is 416 g/mol. The summed E-state index contributed by atoms with van der Waals surface area (Å²) >= 11 is 5.65. The Morgan fingerprint density at radius 1 is 1.14 bits per heavy atom. The molecule has 2 rings (SSSR count). The lowest BCUT2D eigenvalue weighted by Crippen LogP contribution is -2.32. The number of ether oxygens (including phenoxy) is 1. The number of benzene rings is 1. The largest absolute Gasteiger partial charge is 0.454 e. The molecule has 0 radical (unpaired) electrons. The molecule has 0 saturated carbocycles. The Kier molecular flexibility index (Phi) is 6.94. The first-order chi connectivity index (χ1) is 13.2. The van der Waals surface area contributed by atoms with E-state index in [1.165, 1.54) is 0 Å². The van der Waals surface area contributed by atoms with Gasteiger partial charge < -0.3 is 15.4 Å². The highest BCUT2D eigenvalue weighted by Gasteiger charge is 2.31. The predicted molar refractivity (Wildman–Crippen MR) is 92.6 cm³/mol. The number of halogens is 4. The molecule has 0 bridgehead atoms. The van der Waals surface area contributed by atoms with E-state index in [1.807, 2.05) is 0 Å². The Hall–Kier alpha value is -3.14. The Balaban J connectivity index is 1.79. The SMILES string of the molecule is O=C(COC(=O)CNC(=O)c1ccccc1)Nc1ncc(C(F)(F)F)cc1Cl. The summed E-state index contributed by atoms with van der Waals surface area (Å²) in [7, 11) is 0. The third-order valence-corrected chi connectivity index (χ3v) is 3.51. The molecule has 2 N–H and O–H groups in total. The van der Waals surface area contributed by atoms with Gasteiger partial charge >= 0.3 is 12.1 Å². The van der Waals surface area contributed by atoms with Gasteiger partial charge in [-0.3, -0.25) is 14.4 Å². The number of nitrogens with zero attached hydrogens (tertiary/aromatic N) is 1. The summed E-state index contributed by atoms with van der Waals surface area (Å²) in [6, 6.07) is 8.73. The lowest BCUT2D eigenvalue weighted by Gasteiger charge is -2.10. The van der Waals surface area contributed by atoms with E-state index < -0.39 is 47.7 Å². The second kappa shape index (κ2) is 9.18. The molecule has 1 aromatic heterocycles. The third-order valence-electron chi connectivity index (χ3n) is 3.22. The molecule has 0 aliphatic heterocycles. The smallest absolute Gasteiger partial charge is 0.417 e. The highest BCUT2D eigenvalue weighted by Crippen LogP contribution is 2.32. The van der Waals surface area contributed by atoms with Gasteiger partial charge in [-0.15, -0.1) is 0 Å². The van der Waals surface area contributed by atoms with E-state index in [0.29, 0.717) is 17.8 Å². The van der Waals surface area contributed by atoms with E-state index >= 15 is 0 Å². The zero-order valence-corrected chi connectivity index (χ0v) is 14.8. The lowest BCUT2D eigenvalue weighted by atomic mass is 10.2. The number of anilines is 1. The minimum absolute atomic E-state index is 0.312. The maximum Gasteiger partial charge on any atom is 0.417 e. The van der Waals surface area contributed by atoms with E-state index in [-0.39, 0.29) is 5.82 Å². The van der Waals surface area contributed by atoms with Crippen LogP contribution in [0, 0.1) is 0 Å². The van der Waals surface area contributed by atoms with Gasteiger partial charge in [-0.05, 0) is 18.2 Å². The molecule has 0 aliphatic rings. The highest BCUT2D eigenvalue weighted by atomic mass is 35.5. The molecule has 7 nitrogen and oxygen atoms in total. The number of hydrogen-bond acceptors (Lipinski definition) is 5. The zero-order valence-electron chi connectivity index (χ0n) is 14.0. The second-order valence-corrected chi connectivity index (χ2v) is 5.72. The number of alkyl halides is 3. The Labute approximate surface area is 161 Å². The minimum atomic E-state index is -4.63. The van der Waals surface area contributed by atoms with Crippen molar-refractivity contribution in [3.8, 4) is 0 Å². The number of amides is 2. The monoisotopic (exact) mass is 415 g/mol. The molecule has 28 heavy (non-hydrogen) atoms. The van der Waals surface area contributed by atoms with Crippen molar-refractivity contribution in [3.05, 3.63) is 58.7 Å². The summed E-state index contributed by atoms with van der Waals surface area (Å²) in [5.74, 6) is -2.56. The van der Waals surface area contributed by atoms with E-state index in [2.05, 4.69) is 20.4 Å². The van der Waals surface area contributed by atoms with E-state index in [0.717, 1.165) is 0 Å². The fourth-order valence-corrected chi connectivity index (χ4v) is 2.11. The van der Waals surface area contributed by atoms with Crippen molar-refractivity contribution in [2.24, 2.45) is 0 Å². The maximum absolute atomic E-state index is 12.5. The van der Waals surface area contributed by atoms with Crippen LogP contribution in [0.4, 0.5) is 19.0 Å². The van der Waals surface area contributed by atoms with Crippen LogP contribution in [0.1, 0.15) is 15.9 Å². The van der Waals surface area contributed by atoms with Gasteiger partial charge in [0.05, 0.1) is 10.6 Å². The predicted octanol–water partition coefficient (Wildman–Crippen LogP) is 2.67. The molecular weight excluding hydrogens is 403 g/mol. The van der Waals surface area contributed by atoms with Gasteiger partial charge in [0, 0.05) is 11.8 Å². The van der Waals surface area contributed by atoms with E-state index in [9.17, 15) is 27.6 Å². The van der Waals surface area contributed by atoms with Gasteiger partial charge in [0.25, 0.3) is 11.8 Å². The van der Waals surface area contributed by atoms with Crippen LogP contribution in [0.3, 0.4) is 0 Å². The summed E-state index contributed by atoms with van der Waals surface area (Å²) in [6.45, 7) is -1.21. The molecule has 0 aliphatic carbocycles.